The third-order valence-corrected chi connectivity index (χ3v) is 4.52. The standard InChI is InChI=1S/C14H13F2NOS/c15-14(16)5-7-17(8-6-14)13(18)12-9-10-3-1-2-4-11(10)19-12/h1-4,9H,5-8H2. The first-order chi connectivity index (χ1) is 9.05. The summed E-state index contributed by atoms with van der Waals surface area (Å²) in [6.07, 6.45) is -0.465. The van der Waals surface area contributed by atoms with E-state index in [1.165, 1.54) is 16.2 Å². The van der Waals surface area contributed by atoms with E-state index < -0.39 is 5.92 Å². The Labute approximate surface area is 113 Å². The van der Waals surface area contributed by atoms with Gasteiger partial charge >= 0.3 is 0 Å². The van der Waals surface area contributed by atoms with E-state index in [2.05, 4.69) is 0 Å². The first-order valence-electron chi connectivity index (χ1n) is 6.21. The minimum Gasteiger partial charge on any atom is -0.338 e. The molecule has 0 unspecified atom stereocenters. The zero-order valence-electron chi connectivity index (χ0n) is 10.2. The molecule has 0 atom stereocenters. The summed E-state index contributed by atoms with van der Waals surface area (Å²) in [5.74, 6) is -2.74. The Kier molecular flexibility index (Phi) is 3.01. The topological polar surface area (TPSA) is 20.3 Å². The van der Waals surface area contributed by atoms with Gasteiger partial charge in [-0.3, -0.25) is 4.79 Å². The average Bonchev–Trinajstić information content (AvgIpc) is 2.81. The van der Waals surface area contributed by atoms with Crippen LogP contribution in [-0.4, -0.2) is 29.8 Å². The van der Waals surface area contributed by atoms with E-state index >= 15 is 0 Å². The Hall–Kier alpha value is -1.49. The van der Waals surface area contributed by atoms with E-state index in [0.717, 1.165) is 10.1 Å². The molecule has 2 aromatic rings. The van der Waals surface area contributed by atoms with E-state index in [4.69, 9.17) is 0 Å². The second-order valence-corrected chi connectivity index (χ2v) is 5.88. The largest absolute Gasteiger partial charge is 0.338 e. The predicted molar refractivity (Wildman–Crippen MR) is 71.9 cm³/mol. The number of hydrogen-bond donors (Lipinski definition) is 0. The highest BCUT2D eigenvalue weighted by Gasteiger charge is 2.36. The summed E-state index contributed by atoms with van der Waals surface area (Å²) in [7, 11) is 0. The molecule has 1 fully saturated rings. The van der Waals surface area contributed by atoms with Crippen molar-refractivity contribution in [2.24, 2.45) is 0 Å². The summed E-state index contributed by atoms with van der Waals surface area (Å²) in [6, 6.07) is 9.60. The quantitative estimate of drug-likeness (QED) is 0.779. The third kappa shape index (κ3) is 2.47. The van der Waals surface area contributed by atoms with E-state index in [1.807, 2.05) is 30.3 Å². The van der Waals surface area contributed by atoms with Crippen LogP contribution in [0.4, 0.5) is 8.78 Å². The smallest absolute Gasteiger partial charge is 0.263 e. The van der Waals surface area contributed by atoms with Crippen molar-refractivity contribution in [1.82, 2.24) is 4.90 Å². The molecule has 0 aliphatic carbocycles. The molecule has 1 aromatic carbocycles. The van der Waals surface area contributed by atoms with Crippen LogP contribution >= 0.6 is 11.3 Å². The van der Waals surface area contributed by atoms with Gasteiger partial charge in [0, 0.05) is 30.6 Å². The van der Waals surface area contributed by atoms with Gasteiger partial charge in [-0.2, -0.15) is 0 Å². The molecule has 1 aromatic heterocycles. The van der Waals surface area contributed by atoms with E-state index in [-0.39, 0.29) is 31.8 Å². The van der Waals surface area contributed by atoms with Gasteiger partial charge in [0.15, 0.2) is 0 Å². The number of nitrogens with zero attached hydrogens (tertiary/aromatic N) is 1. The molecular formula is C14H13F2NOS. The van der Waals surface area contributed by atoms with Crippen LogP contribution in [0.2, 0.25) is 0 Å². The van der Waals surface area contributed by atoms with Crippen LogP contribution < -0.4 is 0 Å². The maximum Gasteiger partial charge on any atom is 0.263 e. The number of alkyl halides is 2. The molecule has 2 nitrogen and oxygen atoms in total. The molecule has 5 heteroatoms. The molecule has 0 bridgehead atoms. The van der Waals surface area contributed by atoms with Crippen molar-refractivity contribution >= 4 is 27.3 Å². The number of fused-ring (bicyclic) bond motifs is 1. The Bertz CT molecular complexity index is 580. The van der Waals surface area contributed by atoms with Gasteiger partial charge in [0.05, 0.1) is 4.88 Å². The highest BCUT2D eigenvalue weighted by molar-refractivity contribution is 7.20. The number of carbonyl (C=O) groups excluding carboxylic acids is 1. The minimum atomic E-state index is -2.61. The molecule has 1 aliphatic heterocycles. The van der Waals surface area contributed by atoms with Crippen molar-refractivity contribution in [2.75, 3.05) is 13.1 Å². The summed E-state index contributed by atoms with van der Waals surface area (Å²) >= 11 is 1.42. The molecule has 0 saturated carbocycles. The van der Waals surface area contributed by atoms with Crippen LogP contribution in [0.15, 0.2) is 30.3 Å². The molecule has 0 radical (unpaired) electrons. The summed E-state index contributed by atoms with van der Waals surface area (Å²) < 4.78 is 27.2. The van der Waals surface area contributed by atoms with Crippen molar-refractivity contribution in [1.29, 1.82) is 0 Å². The lowest BCUT2D eigenvalue weighted by atomic mass is 10.1. The van der Waals surface area contributed by atoms with Crippen molar-refractivity contribution in [3.63, 3.8) is 0 Å². The minimum absolute atomic E-state index is 0.128. The first kappa shape index (κ1) is 12.5. The van der Waals surface area contributed by atoms with Crippen LogP contribution in [0, 0.1) is 0 Å². The number of rotatable bonds is 1. The number of amides is 1. The van der Waals surface area contributed by atoms with Crippen LogP contribution in [0.5, 0.6) is 0 Å². The van der Waals surface area contributed by atoms with Crippen LogP contribution in [0.3, 0.4) is 0 Å². The van der Waals surface area contributed by atoms with Crippen LogP contribution in [0.1, 0.15) is 22.5 Å². The second kappa shape index (κ2) is 4.56. The van der Waals surface area contributed by atoms with Gasteiger partial charge in [-0.1, -0.05) is 18.2 Å². The number of likely N-dealkylation sites (tertiary alicyclic amines) is 1. The fourth-order valence-corrected chi connectivity index (χ4v) is 3.31. The highest BCUT2D eigenvalue weighted by Crippen LogP contribution is 2.31. The monoisotopic (exact) mass is 281 g/mol. The average molecular weight is 281 g/mol. The lowest BCUT2D eigenvalue weighted by Crippen LogP contribution is -2.42. The predicted octanol–water partition coefficient (Wildman–Crippen LogP) is 3.77. The van der Waals surface area contributed by atoms with Crippen molar-refractivity contribution in [2.45, 2.75) is 18.8 Å². The van der Waals surface area contributed by atoms with Gasteiger partial charge in [-0.05, 0) is 17.5 Å². The summed E-state index contributed by atoms with van der Waals surface area (Å²) in [6.45, 7) is 0.278. The van der Waals surface area contributed by atoms with Gasteiger partial charge in [0.2, 0.25) is 0 Å². The van der Waals surface area contributed by atoms with E-state index in [9.17, 15) is 13.6 Å². The zero-order chi connectivity index (χ0) is 13.5. The van der Waals surface area contributed by atoms with Gasteiger partial charge in [-0.25, -0.2) is 8.78 Å². The molecule has 1 aliphatic rings. The molecule has 1 saturated heterocycles. The molecule has 2 heterocycles. The Morgan fingerprint density at radius 2 is 1.89 bits per heavy atom. The lowest BCUT2D eigenvalue weighted by molar-refractivity contribution is -0.0493. The normalized spacial score (nSPS) is 18.7. The molecule has 1 amide bonds. The van der Waals surface area contributed by atoms with E-state index in [1.54, 1.807) is 0 Å². The fraction of sp³-hybridized carbons (Fsp3) is 0.357. The third-order valence-electron chi connectivity index (χ3n) is 3.42. The van der Waals surface area contributed by atoms with Gasteiger partial charge < -0.3 is 4.90 Å². The highest BCUT2D eigenvalue weighted by atomic mass is 32.1. The SMILES string of the molecule is O=C(c1cc2ccccc2s1)N1CCC(F)(F)CC1. The maximum atomic E-state index is 13.1. The summed E-state index contributed by atoms with van der Waals surface area (Å²) in [5.41, 5.74) is 0. The molecule has 19 heavy (non-hydrogen) atoms. The number of halogens is 2. The summed E-state index contributed by atoms with van der Waals surface area (Å²) in [4.78, 5) is 14.4. The Morgan fingerprint density at radius 1 is 1.21 bits per heavy atom. The molecule has 3 rings (SSSR count). The number of piperidine rings is 1. The van der Waals surface area contributed by atoms with Gasteiger partial charge in [0.1, 0.15) is 0 Å². The Balaban J connectivity index is 1.80. The lowest BCUT2D eigenvalue weighted by Gasteiger charge is -2.31. The van der Waals surface area contributed by atoms with Gasteiger partial charge in [-0.15, -0.1) is 11.3 Å². The molecule has 0 spiro atoms. The maximum absolute atomic E-state index is 13.1. The van der Waals surface area contributed by atoms with E-state index in [0.29, 0.717) is 4.88 Å². The number of carbonyl (C=O) groups is 1. The van der Waals surface area contributed by atoms with Crippen molar-refractivity contribution < 1.29 is 13.6 Å². The molecular weight excluding hydrogens is 268 g/mol. The number of thiophene rings is 1. The zero-order valence-corrected chi connectivity index (χ0v) is 11.1. The van der Waals surface area contributed by atoms with Crippen molar-refractivity contribution in [3.8, 4) is 0 Å². The van der Waals surface area contributed by atoms with Gasteiger partial charge in [0.25, 0.3) is 11.8 Å². The van der Waals surface area contributed by atoms with Crippen LogP contribution in [-0.2, 0) is 0 Å². The van der Waals surface area contributed by atoms with Crippen molar-refractivity contribution in [3.05, 3.63) is 35.2 Å². The second-order valence-electron chi connectivity index (χ2n) is 4.80. The molecule has 0 N–H and O–H groups in total. The fourth-order valence-electron chi connectivity index (χ4n) is 2.28. The first-order valence-corrected chi connectivity index (χ1v) is 7.02. The molecule has 100 valence electrons. The summed E-state index contributed by atoms with van der Waals surface area (Å²) in [5, 5.41) is 1.03. The Morgan fingerprint density at radius 3 is 2.58 bits per heavy atom. The number of hydrogen-bond acceptors (Lipinski definition) is 2. The number of benzene rings is 1. The van der Waals surface area contributed by atoms with Crippen LogP contribution in [0.25, 0.3) is 10.1 Å².